The molecule has 3 aliphatic rings. The van der Waals surface area contributed by atoms with Crippen LogP contribution in [0.5, 0.6) is 5.88 Å². The predicted molar refractivity (Wildman–Crippen MR) is 133 cm³/mol. The van der Waals surface area contributed by atoms with Crippen molar-refractivity contribution in [2.24, 2.45) is 10.7 Å². The number of thiazole rings is 1. The van der Waals surface area contributed by atoms with Crippen LogP contribution in [0.1, 0.15) is 66.0 Å². The molecule has 0 saturated heterocycles. The lowest BCUT2D eigenvalue weighted by atomic mass is 9.92. The van der Waals surface area contributed by atoms with Gasteiger partial charge in [0.05, 0.1) is 0 Å². The van der Waals surface area contributed by atoms with E-state index in [0.29, 0.717) is 41.0 Å². The number of alkyl halides is 3. The summed E-state index contributed by atoms with van der Waals surface area (Å²) in [5, 5.41) is 3.69. The number of hydrogen-bond donors (Lipinski definition) is 2. The number of allylic oxidation sites excluding steroid dienone is 2. The third kappa shape index (κ3) is 6.67. The number of ether oxygens (including phenoxy) is 1. The molecule has 2 aliphatic carbocycles. The molecule has 13 heteroatoms. The summed E-state index contributed by atoms with van der Waals surface area (Å²) in [6, 6.07) is -1.42. The number of amidine groups is 1. The van der Waals surface area contributed by atoms with Gasteiger partial charge in [-0.2, -0.15) is 13.2 Å². The first-order chi connectivity index (χ1) is 17.0. The van der Waals surface area contributed by atoms with E-state index in [9.17, 15) is 22.8 Å². The number of carbonyl (C=O) groups excluding carboxylic acids is 2. The maximum atomic E-state index is 13.6. The van der Waals surface area contributed by atoms with Crippen LogP contribution in [0, 0.1) is 0 Å². The Bertz CT molecular complexity index is 1090. The van der Waals surface area contributed by atoms with E-state index in [1.807, 2.05) is 0 Å². The molecule has 1 aromatic rings. The second-order valence-corrected chi connectivity index (χ2v) is 11.1. The first kappa shape index (κ1) is 26.6. The molecule has 0 radical (unpaired) electrons. The van der Waals surface area contributed by atoms with Crippen molar-refractivity contribution in [1.82, 2.24) is 15.2 Å². The van der Waals surface area contributed by atoms with Crippen molar-refractivity contribution in [2.45, 2.75) is 75.7 Å². The van der Waals surface area contributed by atoms with Gasteiger partial charge in [-0.25, -0.2) is 4.98 Å². The second kappa shape index (κ2) is 10.9. The van der Waals surface area contributed by atoms with Gasteiger partial charge in [0.15, 0.2) is 4.88 Å². The van der Waals surface area contributed by atoms with Gasteiger partial charge in [-0.15, -0.1) is 11.3 Å². The number of aromatic nitrogens is 1. The summed E-state index contributed by atoms with van der Waals surface area (Å²) >= 11 is 4.45. The number of hydrogen-bond acceptors (Lipinski definition) is 6. The quantitative estimate of drug-likeness (QED) is 0.362. The zero-order chi connectivity index (χ0) is 26.0. The van der Waals surface area contributed by atoms with Crippen LogP contribution < -0.4 is 15.8 Å². The van der Waals surface area contributed by atoms with Crippen LogP contribution in [0.2, 0.25) is 0 Å². The second-order valence-electron chi connectivity index (χ2n) is 9.12. The normalized spacial score (nSPS) is 23.8. The Balaban J connectivity index is 1.32. The summed E-state index contributed by atoms with van der Waals surface area (Å²) in [5.41, 5.74) is 5.49. The molecule has 4 rings (SSSR count). The van der Waals surface area contributed by atoms with Crippen molar-refractivity contribution in [3.63, 3.8) is 0 Å². The first-order valence-electron chi connectivity index (χ1n) is 11.7. The molecular weight excluding hydrogens is 563 g/mol. The molecular formula is C23H27BrF3N5O3S. The van der Waals surface area contributed by atoms with Crippen LogP contribution in [0.15, 0.2) is 27.8 Å². The highest BCUT2D eigenvalue weighted by molar-refractivity contribution is 9.11. The summed E-state index contributed by atoms with van der Waals surface area (Å²) in [4.78, 5) is 33.9. The first-order valence-corrected chi connectivity index (χ1v) is 13.3. The van der Waals surface area contributed by atoms with Gasteiger partial charge in [0.2, 0.25) is 17.6 Å². The van der Waals surface area contributed by atoms with E-state index >= 15 is 0 Å². The average Bonchev–Trinajstić information content (AvgIpc) is 3.57. The Morgan fingerprint density at radius 2 is 1.97 bits per heavy atom. The lowest BCUT2D eigenvalue weighted by molar-refractivity contribution is -0.123. The van der Waals surface area contributed by atoms with Gasteiger partial charge in [0.1, 0.15) is 17.2 Å². The SMILES string of the molecule is CC(/N=C(\N1C=C(Br)C=CC1)C(F)(F)F)C(=O)N[C@H]1CC[C@H](Oc2nc(C3CC3)sc2C(N)=O)CC1. The molecule has 1 atom stereocenters. The molecule has 2 fully saturated rings. The Hall–Kier alpha value is -2.41. The van der Waals surface area contributed by atoms with Gasteiger partial charge in [0.25, 0.3) is 5.91 Å². The highest BCUT2D eigenvalue weighted by Gasteiger charge is 2.40. The molecule has 8 nitrogen and oxygen atoms in total. The van der Waals surface area contributed by atoms with Crippen LogP contribution in [-0.2, 0) is 4.79 Å². The van der Waals surface area contributed by atoms with Crippen molar-refractivity contribution >= 4 is 44.9 Å². The van der Waals surface area contributed by atoms with E-state index in [1.165, 1.54) is 24.5 Å². The molecule has 0 spiro atoms. The number of carbonyl (C=O) groups is 2. The van der Waals surface area contributed by atoms with E-state index in [0.717, 1.165) is 22.7 Å². The van der Waals surface area contributed by atoms with Crippen molar-refractivity contribution in [1.29, 1.82) is 0 Å². The molecule has 0 bridgehead atoms. The molecule has 0 aromatic carbocycles. The summed E-state index contributed by atoms with van der Waals surface area (Å²) in [6.45, 7) is 1.35. The lowest BCUT2D eigenvalue weighted by Crippen LogP contribution is -2.45. The Kier molecular flexibility index (Phi) is 8.08. The third-order valence-electron chi connectivity index (χ3n) is 6.14. The average molecular weight is 590 g/mol. The molecule has 2 heterocycles. The van der Waals surface area contributed by atoms with Gasteiger partial charge in [0, 0.05) is 29.2 Å². The van der Waals surface area contributed by atoms with Crippen LogP contribution in [-0.4, -0.2) is 58.4 Å². The minimum absolute atomic E-state index is 0.00436. The number of primary amides is 1. The number of nitrogens with zero attached hydrogens (tertiary/aromatic N) is 3. The highest BCUT2D eigenvalue weighted by atomic mass is 79.9. The maximum Gasteiger partial charge on any atom is 0.449 e. The topological polar surface area (TPSA) is 110 Å². The van der Waals surface area contributed by atoms with Crippen LogP contribution in [0.4, 0.5) is 13.2 Å². The zero-order valence-electron chi connectivity index (χ0n) is 19.6. The fourth-order valence-corrected chi connectivity index (χ4v) is 5.55. The fraction of sp³-hybridized carbons (Fsp3) is 0.565. The zero-order valence-corrected chi connectivity index (χ0v) is 22.0. The van der Waals surface area contributed by atoms with E-state index in [2.05, 4.69) is 31.2 Å². The minimum atomic E-state index is -4.71. The lowest BCUT2D eigenvalue weighted by Gasteiger charge is -2.30. The number of amides is 2. The molecule has 1 aliphatic heterocycles. The van der Waals surface area contributed by atoms with Crippen molar-refractivity contribution < 1.29 is 27.5 Å². The molecule has 1 aromatic heterocycles. The molecule has 2 amide bonds. The summed E-state index contributed by atoms with van der Waals surface area (Å²) in [7, 11) is 0. The van der Waals surface area contributed by atoms with Gasteiger partial charge < -0.3 is 20.7 Å². The molecule has 36 heavy (non-hydrogen) atoms. The van der Waals surface area contributed by atoms with E-state index in [4.69, 9.17) is 10.5 Å². The van der Waals surface area contributed by atoms with Crippen LogP contribution in [0.3, 0.4) is 0 Å². The number of aliphatic imine (C=N–C) groups is 1. The Morgan fingerprint density at radius 3 is 2.56 bits per heavy atom. The van der Waals surface area contributed by atoms with Gasteiger partial charge in [-0.3, -0.25) is 14.6 Å². The summed E-state index contributed by atoms with van der Waals surface area (Å²) in [5.74, 6) is -1.60. The number of halogens is 4. The van der Waals surface area contributed by atoms with Gasteiger partial charge in [-0.05, 0) is 67.5 Å². The molecule has 2 saturated carbocycles. The Morgan fingerprint density at radius 1 is 1.28 bits per heavy atom. The molecule has 196 valence electrons. The number of rotatable bonds is 7. The van der Waals surface area contributed by atoms with Crippen LogP contribution in [0.25, 0.3) is 0 Å². The highest BCUT2D eigenvalue weighted by Crippen LogP contribution is 2.44. The number of nitrogens with two attached hydrogens (primary N) is 1. The smallest absolute Gasteiger partial charge is 0.449 e. The third-order valence-corrected chi connectivity index (χ3v) is 7.82. The van der Waals surface area contributed by atoms with E-state index < -0.39 is 29.9 Å². The Labute approximate surface area is 219 Å². The molecule has 3 N–H and O–H groups in total. The van der Waals surface area contributed by atoms with Crippen molar-refractivity contribution in [3.8, 4) is 5.88 Å². The standard InChI is InChI=1S/C23H27BrF3N5O3S/c1-12(29-22(23(25,26)27)32-10-2-3-14(24)11-32)19(34)30-15-6-8-16(9-7-15)35-20-17(18(28)33)36-21(31-20)13-4-5-13/h2-3,11-13,15-16H,4-10H2,1H3,(H2,28,33)(H,30,34)/b29-22-/t12?,15-,16-. The number of nitrogens with one attached hydrogen (secondary N) is 1. The van der Waals surface area contributed by atoms with E-state index in [-0.39, 0.29) is 24.6 Å². The van der Waals surface area contributed by atoms with Gasteiger partial charge >= 0.3 is 6.18 Å². The maximum absolute atomic E-state index is 13.6. The summed E-state index contributed by atoms with van der Waals surface area (Å²) in [6.07, 6.45) is 4.07. The predicted octanol–water partition coefficient (Wildman–Crippen LogP) is 4.38. The monoisotopic (exact) mass is 589 g/mol. The minimum Gasteiger partial charge on any atom is -0.473 e. The fourth-order valence-electron chi connectivity index (χ4n) is 4.09. The largest absolute Gasteiger partial charge is 0.473 e. The van der Waals surface area contributed by atoms with Gasteiger partial charge in [-0.1, -0.05) is 6.08 Å². The van der Waals surface area contributed by atoms with E-state index in [1.54, 1.807) is 12.2 Å². The molecule has 1 unspecified atom stereocenters. The van der Waals surface area contributed by atoms with Crippen molar-refractivity contribution in [3.05, 3.63) is 32.7 Å². The summed E-state index contributed by atoms with van der Waals surface area (Å²) < 4.78 is 47.4. The van der Waals surface area contributed by atoms with Crippen molar-refractivity contribution in [2.75, 3.05) is 6.54 Å². The van der Waals surface area contributed by atoms with Crippen LogP contribution >= 0.6 is 27.3 Å².